The number of methoxy groups -OCH3 is 1. The summed E-state index contributed by atoms with van der Waals surface area (Å²) < 4.78 is 9.50. The number of anilines is 1. The summed E-state index contributed by atoms with van der Waals surface area (Å²) in [6.07, 6.45) is 1.35. The SMILES string of the molecule is COCCOC(=O)c1[nH]ncc1N. The van der Waals surface area contributed by atoms with Gasteiger partial charge in [0.2, 0.25) is 0 Å². The van der Waals surface area contributed by atoms with Gasteiger partial charge in [-0.1, -0.05) is 0 Å². The van der Waals surface area contributed by atoms with E-state index < -0.39 is 5.97 Å². The zero-order chi connectivity index (χ0) is 9.68. The number of aromatic nitrogens is 2. The molecule has 1 aromatic rings. The van der Waals surface area contributed by atoms with Gasteiger partial charge in [0.1, 0.15) is 6.61 Å². The maximum absolute atomic E-state index is 11.2. The molecule has 3 N–H and O–H groups in total. The Morgan fingerprint density at radius 3 is 3.00 bits per heavy atom. The number of ether oxygens (including phenoxy) is 2. The molecule has 0 saturated carbocycles. The Morgan fingerprint density at radius 2 is 2.46 bits per heavy atom. The predicted octanol–water partition coefficient (Wildman–Crippen LogP) is -0.205. The van der Waals surface area contributed by atoms with Crippen LogP contribution in [0.15, 0.2) is 6.20 Å². The smallest absolute Gasteiger partial charge is 0.358 e. The van der Waals surface area contributed by atoms with Crippen LogP contribution < -0.4 is 5.73 Å². The van der Waals surface area contributed by atoms with Gasteiger partial charge in [0.25, 0.3) is 0 Å². The number of rotatable bonds is 4. The van der Waals surface area contributed by atoms with Crippen LogP contribution in [0.5, 0.6) is 0 Å². The van der Waals surface area contributed by atoms with Crippen molar-refractivity contribution in [3.8, 4) is 0 Å². The minimum atomic E-state index is -0.521. The molecule has 0 fully saturated rings. The number of aromatic amines is 1. The maximum Gasteiger partial charge on any atom is 0.358 e. The van der Waals surface area contributed by atoms with Crippen molar-refractivity contribution in [1.82, 2.24) is 10.2 Å². The minimum Gasteiger partial charge on any atom is -0.458 e. The summed E-state index contributed by atoms with van der Waals surface area (Å²) in [4.78, 5) is 11.2. The largest absolute Gasteiger partial charge is 0.458 e. The molecule has 0 aromatic carbocycles. The van der Waals surface area contributed by atoms with Gasteiger partial charge < -0.3 is 15.2 Å². The lowest BCUT2D eigenvalue weighted by Crippen LogP contribution is -2.11. The molecule has 1 aromatic heterocycles. The Labute approximate surface area is 75.0 Å². The van der Waals surface area contributed by atoms with Crippen LogP contribution in [0.25, 0.3) is 0 Å². The second-order valence-electron chi connectivity index (χ2n) is 2.33. The molecule has 6 heteroatoms. The molecule has 72 valence electrons. The van der Waals surface area contributed by atoms with E-state index in [0.717, 1.165) is 0 Å². The summed E-state index contributed by atoms with van der Waals surface area (Å²) in [6, 6.07) is 0. The van der Waals surface area contributed by atoms with Crippen molar-refractivity contribution in [2.75, 3.05) is 26.1 Å². The van der Waals surface area contributed by atoms with E-state index in [0.29, 0.717) is 6.61 Å². The molecule has 13 heavy (non-hydrogen) atoms. The van der Waals surface area contributed by atoms with Crippen molar-refractivity contribution >= 4 is 11.7 Å². The van der Waals surface area contributed by atoms with Gasteiger partial charge in [0.15, 0.2) is 5.69 Å². The van der Waals surface area contributed by atoms with E-state index in [-0.39, 0.29) is 18.0 Å². The Hall–Kier alpha value is -1.56. The van der Waals surface area contributed by atoms with Crippen LogP contribution in [0.2, 0.25) is 0 Å². The predicted molar refractivity (Wildman–Crippen MR) is 45.2 cm³/mol. The second kappa shape index (κ2) is 4.46. The third-order valence-corrected chi connectivity index (χ3v) is 1.39. The zero-order valence-electron chi connectivity index (χ0n) is 7.24. The standard InChI is InChI=1S/C7H11N3O3/c1-12-2-3-13-7(11)6-5(8)4-9-10-6/h4H,2-3,8H2,1H3,(H,9,10). The van der Waals surface area contributed by atoms with Crippen LogP contribution >= 0.6 is 0 Å². The molecule has 0 spiro atoms. The fraction of sp³-hybridized carbons (Fsp3) is 0.429. The van der Waals surface area contributed by atoms with Crippen molar-refractivity contribution in [3.63, 3.8) is 0 Å². The van der Waals surface area contributed by atoms with Gasteiger partial charge in [0, 0.05) is 7.11 Å². The van der Waals surface area contributed by atoms with Gasteiger partial charge in [-0.2, -0.15) is 5.10 Å². The highest BCUT2D eigenvalue weighted by molar-refractivity contribution is 5.92. The molecule has 1 rings (SSSR count). The number of carbonyl (C=O) groups is 1. The van der Waals surface area contributed by atoms with Crippen molar-refractivity contribution in [2.24, 2.45) is 0 Å². The molecule has 0 radical (unpaired) electrons. The molecule has 0 amide bonds. The van der Waals surface area contributed by atoms with Crippen LogP contribution in [-0.4, -0.2) is 36.5 Å². The quantitative estimate of drug-likeness (QED) is 0.500. The van der Waals surface area contributed by atoms with E-state index in [1.807, 2.05) is 0 Å². The average Bonchev–Trinajstić information content (AvgIpc) is 2.52. The zero-order valence-corrected chi connectivity index (χ0v) is 7.24. The summed E-state index contributed by atoms with van der Waals surface area (Å²) in [5.74, 6) is -0.521. The number of hydrogen-bond acceptors (Lipinski definition) is 5. The Balaban J connectivity index is 2.45. The summed E-state index contributed by atoms with van der Waals surface area (Å²) in [6.45, 7) is 0.563. The van der Waals surface area contributed by atoms with E-state index in [4.69, 9.17) is 15.2 Å². The molecular weight excluding hydrogens is 174 g/mol. The van der Waals surface area contributed by atoms with Crippen molar-refractivity contribution in [3.05, 3.63) is 11.9 Å². The molecule has 6 nitrogen and oxygen atoms in total. The topological polar surface area (TPSA) is 90.2 Å². The fourth-order valence-corrected chi connectivity index (χ4v) is 0.749. The van der Waals surface area contributed by atoms with Gasteiger partial charge in [-0.3, -0.25) is 5.10 Å². The van der Waals surface area contributed by atoms with Crippen LogP contribution in [-0.2, 0) is 9.47 Å². The first-order valence-corrected chi connectivity index (χ1v) is 3.70. The van der Waals surface area contributed by atoms with Gasteiger partial charge in [0.05, 0.1) is 18.5 Å². The molecule has 0 aliphatic carbocycles. The summed E-state index contributed by atoms with van der Waals surface area (Å²) >= 11 is 0. The lowest BCUT2D eigenvalue weighted by atomic mass is 10.4. The molecular formula is C7H11N3O3. The highest BCUT2D eigenvalue weighted by Crippen LogP contribution is 2.06. The fourth-order valence-electron chi connectivity index (χ4n) is 0.749. The Morgan fingerprint density at radius 1 is 1.69 bits per heavy atom. The number of nitrogens with two attached hydrogens (primary N) is 1. The first kappa shape index (κ1) is 9.53. The highest BCUT2D eigenvalue weighted by atomic mass is 16.6. The van der Waals surface area contributed by atoms with E-state index >= 15 is 0 Å². The first-order valence-electron chi connectivity index (χ1n) is 3.70. The van der Waals surface area contributed by atoms with Crippen LogP contribution in [0.3, 0.4) is 0 Å². The van der Waals surface area contributed by atoms with Crippen LogP contribution in [0.1, 0.15) is 10.5 Å². The molecule has 0 bridgehead atoms. The average molecular weight is 185 g/mol. The van der Waals surface area contributed by atoms with E-state index in [1.165, 1.54) is 13.3 Å². The summed E-state index contributed by atoms with van der Waals surface area (Å²) in [7, 11) is 1.53. The van der Waals surface area contributed by atoms with Gasteiger partial charge in [-0.25, -0.2) is 4.79 Å². The second-order valence-corrected chi connectivity index (χ2v) is 2.33. The lowest BCUT2D eigenvalue weighted by molar-refractivity contribution is 0.0383. The number of nitrogen functional groups attached to an aromatic ring is 1. The van der Waals surface area contributed by atoms with Crippen LogP contribution in [0.4, 0.5) is 5.69 Å². The normalized spacial score (nSPS) is 9.92. The number of H-pyrrole nitrogens is 1. The summed E-state index contributed by atoms with van der Waals surface area (Å²) in [5, 5.41) is 6.03. The molecule has 0 atom stereocenters. The third kappa shape index (κ3) is 2.45. The van der Waals surface area contributed by atoms with E-state index in [1.54, 1.807) is 0 Å². The number of esters is 1. The number of carbonyl (C=O) groups excluding carboxylic acids is 1. The molecule has 0 saturated heterocycles. The highest BCUT2D eigenvalue weighted by Gasteiger charge is 2.12. The van der Waals surface area contributed by atoms with Crippen LogP contribution in [0, 0.1) is 0 Å². The number of hydrogen-bond donors (Lipinski definition) is 2. The van der Waals surface area contributed by atoms with Crippen molar-refractivity contribution < 1.29 is 14.3 Å². The third-order valence-electron chi connectivity index (χ3n) is 1.39. The van der Waals surface area contributed by atoms with Gasteiger partial charge in [-0.05, 0) is 0 Å². The maximum atomic E-state index is 11.2. The minimum absolute atomic E-state index is 0.177. The monoisotopic (exact) mass is 185 g/mol. The van der Waals surface area contributed by atoms with Crippen molar-refractivity contribution in [1.29, 1.82) is 0 Å². The summed E-state index contributed by atoms with van der Waals surface area (Å²) in [5.41, 5.74) is 5.88. The Bertz CT molecular complexity index is 284. The van der Waals surface area contributed by atoms with E-state index in [9.17, 15) is 4.79 Å². The molecule has 0 unspecified atom stereocenters. The van der Waals surface area contributed by atoms with E-state index in [2.05, 4.69) is 10.2 Å². The first-order chi connectivity index (χ1) is 6.25. The van der Waals surface area contributed by atoms with Gasteiger partial charge >= 0.3 is 5.97 Å². The number of nitrogens with zero attached hydrogens (tertiary/aromatic N) is 1. The molecule has 0 aliphatic heterocycles. The van der Waals surface area contributed by atoms with Gasteiger partial charge in [-0.15, -0.1) is 0 Å². The molecule has 1 heterocycles. The molecule has 0 aliphatic rings. The Kier molecular flexibility index (Phi) is 3.27. The lowest BCUT2D eigenvalue weighted by Gasteiger charge is -2.01. The van der Waals surface area contributed by atoms with Crippen molar-refractivity contribution in [2.45, 2.75) is 0 Å². The number of nitrogens with one attached hydrogen (secondary N) is 1.